The Morgan fingerprint density at radius 3 is 2.50 bits per heavy atom. The molecule has 0 saturated carbocycles. The summed E-state index contributed by atoms with van der Waals surface area (Å²) < 4.78 is 1.22. The summed E-state index contributed by atoms with van der Waals surface area (Å²) in [5.41, 5.74) is 2.69. The smallest absolute Gasteiger partial charge is 0.221 e. The first-order valence-corrected chi connectivity index (χ1v) is 10.3. The quantitative estimate of drug-likeness (QED) is 0.659. The molecule has 1 N–H and O–H groups in total. The van der Waals surface area contributed by atoms with E-state index in [4.69, 9.17) is 0 Å². The summed E-state index contributed by atoms with van der Waals surface area (Å²) in [4.78, 5) is 16.4. The maximum atomic E-state index is 11.4. The maximum Gasteiger partial charge on any atom is 0.221 e. The molecule has 0 unspecified atom stereocenters. The molecule has 3 aromatic rings. The lowest BCUT2D eigenvalue weighted by Gasteiger charge is -2.36. The van der Waals surface area contributed by atoms with Crippen molar-refractivity contribution in [3.63, 3.8) is 0 Å². The average molecular weight is 416 g/mol. The molecule has 0 bridgehead atoms. The van der Waals surface area contributed by atoms with Crippen molar-refractivity contribution in [2.45, 2.75) is 13.3 Å². The minimum absolute atomic E-state index is 0. The summed E-state index contributed by atoms with van der Waals surface area (Å²) in [7, 11) is 0. The van der Waals surface area contributed by atoms with E-state index >= 15 is 0 Å². The third-order valence-corrected chi connectivity index (χ3v) is 6.13. The summed E-state index contributed by atoms with van der Waals surface area (Å²) in [5, 5.41) is 5.08. The number of nitrogens with zero attached hydrogens (tertiary/aromatic N) is 2. The number of halogens is 1. The lowest BCUT2D eigenvalue weighted by molar-refractivity contribution is -0.114. The highest BCUT2D eigenvalue weighted by Gasteiger charge is 2.19. The van der Waals surface area contributed by atoms with E-state index in [0.717, 1.165) is 44.1 Å². The summed E-state index contributed by atoms with van der Waals surface area (Å²) in [6.45, 7) is 6.93. The Labute approximate surface area is 176 Å². The van der Waals surface area contributed by atoms with Gasteiger partial charge in [-0.2, -0.15) is 0 Å². The van der Waals surface area contributed by atoms with Crippen molar-refractivity contribution in [3.05, 3.63) is 60.2 Å². The lowest BCUT2D eigenvalue weighted by atomic mass is 10.1. The van der Waals surface area contributed by atoms with E-state index in [2.05, 4.69) is 69.7 Å². The monoisotopic (exact) mass is 415 g/mol. The van der Waals surface area contributed by atoms with Crippen LogP contribution in [0.1, 0.15) is 12.5 Å². The van der Waals surface area contributed by atoms with E-state index in [-0.39, 0.29) is 18.3 Å². The van der Waals surface area contributed by atoms with E-state index in [0.29, 0.717) is 0 Å². The first kappa shape index (κ1) is 20.6. The zero-order chi connectivity index (χ0) is 18.6. The molecule has 28 heavy (non-hydrogen) atoms. The molecule has 0 spiro atoms. The number of rotatable bonds is 5. The highest BCUT2D eigenvalue weighted by molar-refractivity contribution is 7.23. The molecule has 0 atom stereocenters. The molecular formula is C22H26ClN3OS. The standard InChI is InChI=1S/C22H25N3OS.ClH/c1-17(26)23-22-16-19-20(8-5-9-21(19)27-22)25-14-12-24(13-15-25)11-10-18-6-3-2-4-7-18;/h2-9,16H,10-15H2,1H3,(H,23,26);1H. The number of piperazine rings is 1. The number of carbonyl (C=O) groups is 1. The first-order chi connectivity index (χ1) is 13.2. The molecule has 4 nitrogen and oxygen atoms in total. The summed E-state index contributed by atoms with van der Waals surface area (Å²) >= 11 is 1.64. The first-order valence-electron chi connectivity index (χ1n) is 9.50. The van der Waals surface area contributed by atoms with Crippen molar-refractivity contribution in [1.29, 1.82) is 0 Å². The summed E-state index contributed by atoms with van der Waals surface area (Å²) in [6.07, 6.45) is 1.11. The second-order valence-electron chi connectivity index (χ2n) is 7.05. The van der Waals surface area contributed by atoms with Gasteiger partial charge in [0.15, 0.2) is 0 Å². The van der Waals surface area contributed by atoms with Crippen molar-refractivity contribution in [2.24, 2.45) is 0 Å². The molecule has 1 amide bonds. The van der Waals surface area contributed by atoms with Crippen molar-refractivity contribution in [1.82, 2.24) is 4.90 Å². The van der Waals surface area contributed by atoms with E-state index < -0.39 is 0 Å². The molecular weight excluding hydrogens is 390 g/mol. The Balaban J connectivity index is 0.00000225. The van der Waals surface area contributed by atoms with Gasteiger partial charge in [0.2, 0.25) is 5.91 Å². The fourth-order valence-electron chi connectivity index (χ4n) is 3.70. The van der Waals surface area contributed by atoms with Gasteiger partial charge >= 0.3 is 0 Å². The SMILES string of the molecule is CC(=O)Nc1cc2c(N3CCN(CCc4ccccc4)CC3)cccc2s1.Cl. The molecule has 1 aromatic heterocycles. The molecule has 1 aliphatic heterocycles. The van der Waals surface area contributed by atoms with Crippen LogP contribution in [-0.4, -0.2) is 43.5 Å². The minimum atomic E-state index is -0.0184. The Morgan fingerprint density at radius 2 is 1.79 bits per heavy atom. The predicted octanol–water partition coefficient (Wildman–Crippen LogP) is 4.65. The van der Waals surface area contributed by atoms with Crippen molar-refractivity contribution in [3.8, 4) is 0 Å². The Kier molecular flexibility index (Phi) is 6.94. The third kappa shape index (κ3) is 4.85. The van der Waals surface area contributed by atoms with E-state index in [1.54, 1.807) is 18.3 Å². The topological polar surface area (TPSA) is 35.6 Å². The fourth-order valence-corrected chi connectivity index (χ4v) is 4.73. The lowest BCUT2D eigenvalue weighted by Crippen LogP contribution is -2.47. The van der Waals surface area contributed by atoms with E-state index in [9.17, 15) is 4.79 Å². The van der Waals surface area contributed by atoms with Crippen LogP contribution in [-0.2, 0) is 11.2 Å². The number of thiophene rings is 1. The van der Waals surface area contributed by atoms with Gasteiger partial charge in [0.25, 0.3) is 0 Å². The molecule has 0 radical (unpaired) electrons. The largest absolute Gasteiger partial charge is 0.368 e. The van der Waals surface area contributed by atoms with Crippen molar-refractivity contribution < 1.29 is 4.79 Å². The number of fused-ring (bicyclic) bond motifs is 1. The molecule has 1 aliphatic rings. The minimum Gasteiger partial charge on any atom is -0.368 e. The molecule has 2 aromatic carbocycles. The Hall–Kier alpha value is -2.08. The van der Waals surface area contributed by atoms with Gasteiger partial charge in [-0.15, -0.1) is 23.7 Å². The molecule has 4 rings (SSSR count). The second kappa shape index (κ2) is 9.41. The normalized spacial score (nSPS) is 14.7. The van der Waals surface area contributed by atoms with Gasteiger partial charge in [-0.05, 0) is 30.2 Å². The van der Waals surface area contributed by atoms with E-state index in [1.807, 2.05) is 0 Å². The van der Waals surface area contributed by atoms with Crippen LogP contribution in [0.3, 0.4) is 0 Å². The van der Waals surface area contributed by atoms with Gasteiger partial charge < -0.3 is 10.2 Å². The van der Waals surface area contributed by atoms with Crippen LogP contribution in [0.4, 0.5) is 10.7 Å². The van der Waals surface area contributed by atoms with Crippen molar-refractivity contribution >= 4 is 50.4 Å². The van der Waals surface area contributed by atoms with Gasteiger partial charge in [0.05, 0.1) is 5.00 Å². The number of carbonyl (C=O) groups excluding carboxylic acids is 1. The second-order valence-corrected chi connectivity index (χ2v) is 8.13. The number of hydrogen-bond donors (Lipinski definition) is 1. The highest BCUT2D eigenvalue weighted by Crippen LogP contribution is 2.36. The molecule has 148 valence electrons. The number of nitrogens with one attached hydrogen (secondary N) is 1. The molecule has 1 fully saturated rings. The number of anilines is 2. The van der Waals surface area contributed by atoms with Gasteiger partial charge in [-0.1, -0.05) is 36.4 Å². The van der Waals surface area contributed by atoms with Crippen molar-refractivity contribution in [2.75, 3.05) is 42.9 Å². The Bertz CT molecular complexity index is 920. The maximum absolute atomic E-state index is 11.4. The zero-order valence-electron chi connectivity index (χ0n) is 16.1. The molecule has 2 heterocycles. The van der Waals surface area contributed by atoms with E-state index in [1.165, 1.54) is 21.3 Å². The average Bonchev–Trinajstić information content (AvgIpc) is 3.09. The number of hydrogen-bond acceptors (Lipinski definition) is 4. The van der Waals surface area contributed by atoms with Crippen LogP contribution < -0.4 is 10.2 Å². The van der Waals surface area contributed by atoms with Crippen LogP contribution in [0.15, 0.2) is 54.6 Å². The Morgan fingerprint density at radius 1 is 1.04 bits per heavy atom. The van der Waals surface area contributed by atoms with Gasteiger partial charge in [0.1, 0.15) is 0 Å². The third-order valence-electron chi connectivity index (χ3n) is 5.11. The van der Waals surface area contributed by atoms with Gasteiger partial charge in [0, 0.05) is 55.4 Å². The molecule has 0 aliphatic carbocycles. The summed E-state index contributed by atoms with van der Waals surface area (Å²) in [5.74, 6) is -0.0184. The van der Waals surface area contributed by atoms with Gasteiger partial charge in [-0.25, -0.2) is 0 Å². The van der Waals surface area contributed by atoms with Crippen LogP contribution in [0, 0.1) is 0 Å². The van der Waals surface area contributed by atoms with Crippen LogP contribution in [0.5, 0.6) is 0 Å². The zero-order valence-corrected chi connectivity index (χ0v) is 17.7. The fraction of sp³-hybridized carbons (Fsp3) is 0.318. The number of amides is 1. The van der Waals surface area contributed by atoms with Gasteiger partial charge in [-0.3, -0.25) is 9.69 Å². The highest BCUT2D eigenvalue weighted by atomic mass is 35.5. The van der Waals surface area contributed by atoms with Crippen LogP contribution in [0.25, 0.3) is 10.1 Å². The van der Waals surface area contributed by atoms with Crippen LogP contribution in [0.2, 0.25) is 0 Å². The molecule has 1 saturated heterocycles. The molecule has 6 heteroatoms. The van der Waals surface area contributed by atoms with Crippen LogP contribution >= 0.6 is 23.7 Å². The summed E-state index contributed by atoms with van der Waals surface area (Å²) in [6, 6.07) is 19.3. The number of benzene rings is 2. The predicted molar refractivity (Wildman–Crippen MR) is 122 cm³/mol.